The number of aryl methyl sites for hydroxylation is 1. The lowest BCUT2D eigenvalue weighted by Crippen LogP contribution is -2.37. The van der Waals surface area contributed by atoms with Crippen LogP contribution in [0.3, 0.4) is 0 Å². The molecule has 2 atom stereocenters. The van der Waals surface area contributed by atoms with Crippen molar-refractivity contribution in [3.63, 3.8) is 0 Å². The summed E-state index contributed by atoms with van der Waals surface area (Å²) >= 11 is 1.45. The van der Waals surface area contributed by atoms with E-state index in [-0.39, 0.29) is 5.91 Å². The minimum atomic E-state index is -0.593. The molecule has 0 N–H and O–H groups in total. The Morgan fingerprint density at radius 2 is 1.71 bits per heavy atom. The minimum absolute atomic E-state index is 0.127. The molecule has 0 aliphatic heterocycles. The van der Waals surface area contributed by atoms with E-state index in [2.05, 4.69) is 23.8 Å². The summed E-state index contributed by atoms with van der Waals surface area (Å²) in [5.74, 6) is 0.981. The van der Waals surface area contributed by atoms with Crippen molar-refractivity contribution in [2.24, 2.45) is 5.92 Å². The van der Waals surface area contributed by atoms with Gasteiger partial charge in [-0.2, -0.15) is 0 Å². The number of carbonyl (C=O) groups excluding carboxylic acids is 2. The van der Waals surface area contributed by atoms with Crippen molar-refractivity contribution in [2.75, 3.05) is 31.3 Å². The van der Waals surface area contributed by atoms with Crippen LogP contribution in [-0.4, -0.2) is 58.9 Å². The Morgan fingerprint density at radius 3 is 2.29 bits per heavy atom. The molecule has 2 unspecified atom stereocenters. The van der Waals surface area contributed by atoms with Crippen molar-refractivity contribution < 1.29 is 19.1 Å². The summed E-state index contributed by atoms with van der Waals surface area (Å²) in [6.45, 7) is 12.6. The third-order valence-corrected chi connectivity index (χ3v) is 7.46. The standard InChI is InChI=1S/C33H44N4O4S/c1-9-23(2)19-20-37(30(38)28-21-34-31(42-8)35-24(28)3)26-15-17-27(18-16-26)40-29(25-13-11-10-12-14-25)22-36(7)32(39)41-33(4,5)6/h10-18,21,23,29H,9,19-20,22H2,1-8H3. The fourth-order valence-electron chi connectivity index (χ4n) is 4.21. The van der Waals surface area contributed by atoms with E-state index in [4.69, 9.17) is 9.47 Å². The van der Waals surface area contributed by atoms with Gasteiger partial charge in [-0.3, -0.25) is 4.79 Å². The third-order valence-electron chi connectivity index (χ3n) is 6.90. The summed E-state index contributed by atoms with van der Waals surface area (Å²) in [4.78, 5) is 38.6. The maximum atomic E-state index is 13.8. The molecule has 3 rings (SSSR count). The van der Waals surface area contributed by atoms with Crippen molar-refractivity contribution in [3.8, 4) is 5.75 Å². The van der Waals surface area contributed by atoms with Crippen LogP contribution >= 0.6 is 11.8 Å². The summed E-state index contributed by atoms with van der Waals surface area (Å²) in [5, 5.41) is 0.641. The number of aromatic nitrogens is 2. The van der Waals surface area contributed by atoms with E-state index in [1.807, 2.05) is 88.5 Å². The lowest BCUT2D eigenvalue weighted by molar-refractivity contribution is 0.0226. The molecule has 0 radical (unpaired) electrons. The molecule has 0 saturated heterocycles. The highest BCUT2D eigenvalue weighted by atomic mass is 32.2. The van der Waals surface area contributed by atoms with Crippen LogP contribution in [0, 0.1) is 12.8 Å². The molecule has 42 heavy (non-hydrogen) atoms. The second-order valence-electron chi connectivity index (χ2n) is 11.5. The van der Waals surface area contributed by atoms with Crippen LogP contribution in [0.1, 0.15) is 75.2 Å². The second-order valence-corrected chi connectivity index (χ2v) is 12.3. The molecule has 8 nitrogen and oxygen atoms in total. The van der Waals surface area contributed by atoms with Gasteiger partial charge in [0.15, 0.2) is 5.16 Å². The van der Waals surface area contributed by atoms with Crippen molar-refractivity contribution in [1.82, 2.24) is 14.9 Å². The van der Waals surface area contributed by atoms with Gasteiger partial charge < -0.3 is 19.3 Å². The molecule has 0 aliphatic rings. The van der Waals surface area contributed by atoms with Gasteiger partial charge in [-0.15, -0.1) is 0 Å². The van der Waals surface area contributed by atoms with Gasteiger partial charge in [-0.1, -0.05) is 62.4 Å². The molecule has 2 amide bonds. The fourth-order valence-corrected chi connectivity index (χ4v) is 4.60. The zero-order chi connectivity index (χ0) is 30.9. The molecular weight excluding hydrogens is 548 g/mol. The highest BCUT2D eigenvalue weighted by Crippen LogP contribution is 2.28. The van der Waals surface area contributed by atoms with Gasteiger partial charge >= 0.3 is 6.09 Å². The molecule has 0 spiro atoms. The summed E-state index contributed by atoms with van der Waals surface area (Å²) in [6.07, 6.45) is 4.61. The van der Waals surface area contributed by atoms with Crippen molar-refractivity contribution in [2.45, 2.75) is 71.2 Å². The molecule has 1 heterocycles. The zero-order valence-corrected chi connectivity index (χ0v) is 26.9. The number of rotatable bonds is 12. The summed E-state index contributed by atoms with van der Waals surface area (Å²) in [7, 11) is 1.70. The van der Waals surface area contributed by atoms with E-state index in [1.165, 1.54) is 16.7 Å². The number of hydrogen-bond donors (Lipinski definition) is 0. The molecule has 3 aromatic rings. The van der Waals surface area contributed by atoms with Gasteiger partial charge in [0.25, 0.3) is 5.91 Å². The van der Waals surface area contributed by atoms with Crippen LogP contribution in [0.2, 0.25) is 0 Å². The number of hydrogen-bond acceptors (Lipinski definition) is 7. The monoisotopic (exact) mass is 592 g/mol. The number of amides is 2. The number of nitrogens with zero attached hydrogens (tertiary/aromatic N) is 4. The molecule has 2 aromatic carbocycles. The van der Waals surface area contributed by atoms with E-state index in [9.17, 15) is 9.59 Å². The third kappa shape index (κ3) is 9.48. The average Bonchev–Trinajstić information content (AvgIpc) is 2.96. The maximum Gasteiger partial charge on any atom is 0.410 e. The van der Waals surface area contributed by atoms with Crippen LogP contribution in [0.25, 0.3) is 0 Å². The Morgan fingerprint density at radius 1 is 1.05 bits per heavy atom. The Hall–Kier alpha value is -3.59. The quantitative estimate of drug-likeness (QED) is 0.158. The Balaban J connectivity index is 1.85. The topological polar surface area (TPSA) is 84.9 Å². The number of carbonyl (C=O) groups is 2. The molecule has 0 fully saturated rings. The fraction of sp³-hybridized carbons (Fsp3) is 0.455. The van der Waals surface area contributed by atoms with Gasteiger partial charge in [-0.25, -0.2) is 14.8 Å². The van der Waals surface area contributed by atoms with Crippen LogP contribution in [-0.2, 0) is 4.74 Å². The van der Waals surface area contributed by atoms with E-state index >= 15 is 0 Å². The number of benzene rings is 2. The van der Waals surface area contributed by atoms with Crippen molar-refractivity contribution in [1.29, 1.82) is 0 Å². The summed E-state index contributed by atoms with van der Waals surface area (Å²) < 4.78 is 12.0. The highest BCUT2D eigenvalue weighted by molar-refractivity contribution is 7.98. The zero-order valence-electron chi connectivity index (χ0n) is 26.1. The largest absolute Gasteiger partial charge is 0.484 e. The van der Waals surface area contributed by atoms with Gasteiger partial charge in [0.2, 0.25) is 0 Å². The first-order valence-electron chi connectivity index (χ1n) is 14.4. The van der Waals surface area contributed by atoms with E-state index < -0.39 is 17.8 Å². The minimum Gasteiger partial charge on any atom is -0.484 e. The molecule has 1 aromatic heterocycles. The Labute approximate surface area is 254 Å². The van der Waals surface area contributed by atoms with Gasteiger partial charge in [0.1, 0.15) is 17.5 Å². The van der Waals surface area contributed by atoms with Crippen molar-refractivity contribution >= 4 is 29.4 Å². The first-order chi connectivity index (χ1) is 19.9. The number of anilines is 1. The molecule has 0 saturated carbocycles. The predicted molar refractivity (Wildman–Crippen MR) is 169 cm³/mol. The Kier molecular flexibility index (Phi) is 11.8. The smallest absolute Gasteiger partial charge is 0.410 e. The molecular formula is C33H44N4O4S. The number of ether oxygens (including phenoxy) is 2. The van der Waals surface area contributed by atoms with Gasteiger partial charge in [-0.05, 0) is 76.1 Å². The van der Waals surface area contributed by atoms with Crippen LogP contribution in [0.4, 0.5) is 10.5 Å². The van der Waals surface area contributed by atoms with Gasteiger partial charge in [0, 0.05) is 25.5 Å². The lowest BCUT2D eigenvalue weighted by atomic mass is 10.0. The van der Waals surface area contributed by atoms with Crippen molar-refractivity contribution in [3.05, 3.63) is 77.6 Å². The lowest BCUT2D eigenvalue weighted by Gasteiger charge is -2.28. The highest BCUT2D eigenvalue weighted by Gasteiger charge is 2.25. The SMILES string of the molecule is CCC(C)CCN(C(=O)c1cnc(SC)nc1C)c1ccc(OC(CN(C)C(=O)OC(C)(C)C)c2ccccc2)cc1. The number of likely N-dealkylation sites (N-methyl/N-ethyl adjacent to an activating group) is 1. The van der Waals surface area contributed by atoms with Gasteiger partial charge in [0.05, 0.1) is 17.8 Å². The van der Waals surface area contributed by atoms with Crippen LogP contribution in [0.5, 0.6) is 5.75 Å². The maximum absolute atomic E-state index is 13.8. The molecule has 0 bridgehead atoms. The van der Waals surface area contributed by atoms with Crippen LogP contribution < -0.4 is 9.64 Å². The second kappa shape index (κ2) is 15.0. The molecule has 0 aliphatic carbocycles. The van der Waals surface area contributed by atoms with E-state index in [0.717, 1.165) is 24.1 Å². The Bertz CT molecular complexity index is 1310. The molecule has 9 heteroatoms. The summed E-state index contributed by atoms with van der Waals surface area (Å²) in [5.41, 5.74) is 2.27. The van der Waals surface area contributed by atoms with E-state index in [1.54, 1.807) is 18.1 Å². The summed E-state index contributed by atoms with van der Waals surface area (Å²) in [6, 6.07) is 17.3. The first kappa shape index (κ1) is 32.9. The number of thioether (sulfide) groups is 1. The predicted octanol–water partition coefficient (Wildman–Crippen LogP) is 7.58. The average molecular weight is 593 g/mol. The van der Waals surface area contributed by atoms with E-state index in [0.29, 0.717) is 41.2 Å². The van der Waals surface area contributed by atoms with Crippen LogP contribution in [0.15, 0.2) is 66.0 Å². The normalized spacial score (nSPS) is 12.8. The first-order valence-corrected chi connectivity index (χ1v) is 15.6. The molecule has 226 valence electrons.